The van der Waals surface area contributed by atoms with E-state index in [-0.39, 0.29) is 37.5 Å². The van der Waals surface area contributed by atoms with Crippen molar-refractivity contribution >= 4 is 11.9 Å². The smallest absolute Gasteiger partial charge is 0.348 e. The zero-order valence-corrected chi connectivity index (χ0v) is 13.3. The van der Waals surface area contributed by atoms with E-state index in [0.29, 0.717) is 5.75 Å². The zero-order valence-electron chi connectivity index (χ0n) is 13.3. The number of H-pyrrole nitrogens is 1. The van der Waals surface area contributed by atoms with Crippen LogP contribution in [0.3, 0.4) is 0 Å². The minimum atomic E-state index is -1.36. The van der Waals surface area contributed by atoms with Crippen molar-refractivity contribution in [2.45, 2.75) is 18.4 Å². The molecule has 1 aromatic heterocycles. The van der Waals surface area contributed by atoms with Crippen LogP contribution in [0.1, 0.15) is 23.3 Å². The van der Waals surface area contributed by atoms with Crippen LogP contribution in [0.5, 0.6) is 5.75 Å². The molecule has 1 aromatic carbocycles. The number of benzene rings is 1. The van der Waals surface area contributed by atoms with Crippen LogP contribution in [-0.4, -0.2) is 50.5 Å². The van der Waals surface area contributed by atoms with E-state index >= 15 is 0 Å². The van der Waals surface area contributed by atoms with Gasteiger partial charge < -0.3 is 19.7 Å². The minimum absolute atomic E-state index is 0.117. The van der Waals surface area contributed by atoms with Crippen LogP contribution in [0.25, 0.3) is 0 Å². The van der Waals surface area contributed by atoms with Gasteiger partial charge in [0.1, 0.15) is 11.4 Å². The van der Waals surface area contributed by atoms with Gasteiger partial charge in [-0.1, -0.05) is 18.2 Å². The maximum absolute atomic E-state index is 12.4. The SMILES string of the molecule is O=C(c1c[nH]c(=O)cn1)N1CCC(Oc2ccccc2)(C(=O)O)CC1. The molecule has 0 atom stereocenters. The topological polar surface area (TPSA) is 113 Å². The number of carboxylic acids is 1. The molecule has 0 saturated carbocycles. The van der Waals surface area contributed by atoms with Crippen molar-refractivity contribution in [1.82, 2.24) is 14.9 Å². The fraction of sp³-hybridized carbons (Fsp3) is 0.294. The second-order valence-electron chi connectivity index (χ2n) is 5.80. The van der Waals surface area contributed by atoms with E-state index in [4.69, 9.17) is 4.74 Å². The Hall–Kier alpha value is -3.16. The molecular formula is C17H17N3O5. The van der Waals surface area contributed by atoms with Crippen LogP contribution >= 0.6 is 0 Å². The van der Waals surface area contributed by atoms with Gasteiger partial charge >= 0.3 is 5.97 Å². The molecule has 2 aromatic rings. The molecule has 1 amide bonds. The molecule has 1 fully saturated rings. The van der Waals surface area contributed by atoms with E-state index in [9.17, 15) is 19.5 Å². The van der Waals surface area contributed by atoms with E-state index in [2.05, 4.69) is 9.97 Å². The molecule has 130 valence electrons. The predicted molar refractivity (Wildman–Crippen MR) is 87.4 cm³/mol. The lowest BCUT2D eigenvalue weighted by molar-refractivity contribution is -0.159. The second-order valence-corrected chi connectivity index (χ2v) is 5.80. The number of nitrogens with one attached hydrogen (secondary N) is 1. The lowest BCUT2D eigenvalue weighted by atomic mass is 9.91. The van der Waals surface area contributed by atoms with E-state index in [1.165, 1.54) is 11.1 Å². The Morgan fingerprint density at radius 1 is 1.20 bits per heavy atom. The van der Waals surface area contributed by atoms with Crippen molar-refractivity contribution in [3.63, 3.8) is 0 Å². The van der Waals surface area contributed by atoms with Crippen LogP contribution in [0.15, 0.2) is 47.5 Å². The summed E-state index contributed by atoms with van der Waals surface area (Å²) in [5, 5.41) is 9.64. The van der Waals surface area contributed by atoms with Crippen LogP contribution in [0, 0.1) is 0 Å². The summed E-state index contributed by atoms with van der Waals surface area (Å²) in [4.78, 5) is 42.9. The maximum Gasteiger partial charge on any atom is 0.348 e. The molecule has 1 aliphatic rings. The summed E-state index contributed by atoms with van der Waals surface area (Å²) >= 11 is 0. The molecule has 1 saturated heterocycles. The minimum Gasteiger partial charge on any atom is -0.478 e. The first kappa shape index (κ1) is 16.7. The standard InChI is InChI=1S/C17H17N3O5/c21-14-11-18-13(10-19-14)15(22)20-8-6-17(7-9-20,16(23)24)25-12-4-2-1-3-5-12/h1-5,10-11H,6-9H2,(H,19,21)(H,23,24). The average molecular weight is 343 g/mol. The highest BCUT2D eigenvalue weighted by atomic mass is 16.5. The van der Waals surface area contributed by atoms with E-state index in [1.807, 2.05) is 6.07 Å². The predicted octanol–water partition coefficient (Wildman–Crippen LogP) is 0.908. The van der Waals surface area contributed by atoms with Crippen molar-refractivity contribution < 1.29 is 19.4 Å². The maximum atomic E-state index is 12.4. The van der Waals surface area contributed by atoms with Gasteiger partial charge in [0, 0.05) is 32.1 Å². The van der Waals surface area contributed by atoms with E-state index in [1.54, 1.807) is 24.3 Å². The third-order valence-electron chi connectivity index (χ3n) is 4.20. The molecule has 0 unspecified atom stereocenters. The number of carboxylic acid groups (broad SMARTS) is 1. The number of amides is 1. The number of aliphatic carboxylic acids is 1. The first-order valence-corrected chi connectivity index (χ1v) is 7.82. The van der Waals surface area contributed by atoms with Crippen molar-refractivity contribution in [1.29, 1.82) is 0 Å². The molecule has 3 rings (SSSR count). The Kier molecular flexibility index (Phi) is 4.51. The Morgan fingerprint density at radius 3 is 2.44 bits per heavy atom. The number of rotatable bonds is 4. The van der Waals surface area contributed by atoms with Gasteiger partial charge in [-0.15, -0.1) is 0 Å². The highest BCUT2D eigenvalue weighted by Gasteiger charge is 2.45. The first-order chi connectivity index (χ1) is 12.0. The van der Waals surface area contributed by atoms with Gasteiger partial charge in [-0.2, -0.15) is 0 Å². The third kappa shape index (κ3) is 3.52. The normalized spacial score (nSPS) is 16.2. The molecule has 8 heteroatoms. The molecule has 8 nitrogen and oxygen atoms in total. The number of likely N-dealkylation sites (tertiary alicyclic amines) is 1. The second kappa shape index (κ2) is 6.76. The molecule has 0 spiro atoms. The third-order valence-corrected chi connectivity index (χ3v) is 4.20. The Bertz CT molecular complexity index is 805. The molecule has 0 radical (unpaired) electrons. The summed E-state index contributed by atoms with van der Waals surface area (Å²) in [6.07, 6.45) is 2.61. The summed E-state index contributed by atoms with van der Waals surface area (Å²) in [5.74, 6) is -0.924. The molecule has 25 heavy (non-hydrogen) atoms. The molecular weight excluding hydrogens is 326 g/mol. The number of aromatic amines is 1. The van der Waals surface area contributed by atoms with Crippen LogP contribution in [0.4, 0.5) is 0 Å². The number of carbonyl (C=O) groups excluding carboxylic acids is 1. The van der Waals surface area contributed by atoms with Gasteiger partial charge in [0.25, 0.3) is 11.5 Å². The van der Waals surface area contributed by atoms with Crippen LogP contribution in [-0.2, 0) is 4.79 Å². The van der Waals surface area contributed by atoms with Gasteiger partial charge in [-0.05, 0) is 12.1 Å². The molecule has 0 aliphatic carbocycles. The summed E-state index contributed by atoms with van der Waals surface area (Å²) in [6, 6.07) is 8.76. The largest absolute Gasteiger partial charge is 0.478 e. The Morgan fingerprint density at radius 2 is 1.88 bits per heavy atom. The van der Waals surface area contributed by atoms with Crippen molar-refractivity contribution in [2.24, 2.45) is 0 Å². The summed E-state index contributed by atoms with van der Waals surface area (Å²) in [7, 11) is 0. The fourth-order valence-corrected chi connectivity index (χ4v) is 2.77. The summed E-state index contributed by atoms with van der Waals surface area (Å²) in [6.45, 7) is 0.442. The van der Waals surface area contributed by atoms with Gasteiger partial charge in [-0.25, -0.2) is 9.78 Å². The summed E-state index contributed by atoms with van der Waals surface area (Å²) < 4.78 is 5.75. The molecule has 0 bridgehead atoms. The molecule has 2 N–H and O–H groups in total. The highest BCUT2D eigenvalue weighted by Crippen LogP contribution is 2.29. The van der Waals surface area contributed by atoms with Crippen molar-refractivity contribution in [3.8, 4) is 5.75 Å². The lowest BCUT2D eigenvalue weighted by Gasteiger charge is -2.38. The molecule has 1 aliphatic heterocycles. The average Bonchev–Trinajstić information content (AvgIpc) is 2.63. The van der Waals surface area contributed by atoms with Crippen molar-refractivity contribution in [2.75, 3.05) is 13.1 Å². The summed E-state index contributed by atoms with van der Waals surface area (Å²) in [5.41, 5.74) is -1.64. The Labute approximate surface area is 143 Å². The van der Waals surface area contributed by atoms with E-state index < -0.39 is 17.1 Å². The number of hydrogen-bond donors (Lipinski definition) is 2. The van der Waals surface area contributed by atoms with Gasteiger partial charge in [-0.3, -0.25) is 9.59 Å². The quantitative estimate of drug-likeness (QED) is 0.853. The number of ether oxygens (including phenoxy) is 1. The fourth-order valence-electron chi connectivity index (χ4n) is 2.77. The Balaban J connectivity index is 1.71. The number of para-hydroxylation sites is 1. The number of aromatic nitrogens is 2. The number of carbonyl (C=O) groups is 2. The van der Waals surface area contributed by atoms with Crippen LogP contribution in [0.2, 0.25) is 0 Å². The lowest BCUT2D eigenvalue weighted by Crippen LogP contribution is -2.54. The van der Waals surface area contributed by atoms with Gasteiger partial charge in [0.05, 0.1) is 6.20 Å². The van der Waals surface area contributed by atoms with Gasteiger partial charge in [0.2, 0.25) is 5.60 Å². The van der Waals surface area contributed by atoms with Crippen LogP contribution < -0.4 is 10.3 Å². The van der Waals surface area contributed by atoms with Crippen molar-refractivity contribution in [3.05, 3.63) is 58.8 Å². The molecule has 2 heterocycles. The highest BCUT2D eigenvalue weighted by molar-refractivity contribution is 5.92. The number of hydrogen-bond acceptors (Lipinski definition) is 5. The van der Waals surface area contributed by atoms with E-state index in [0.717, 1.165) is 6.20 Å². The number of piperidine rings is 1. The monoisotopic (exact) mass is 343 g/mol. The first-order valence-electron chi connectivity index (χ1n) is 7.82. The van der Waals surface area contributed by atoms with Gasteiger partial charge in [0.15, 0.2) is 0 Å². The zero-order chi connectivity index (χ0) is 17.9. The number of nitrogens with zero attached hydrogens (tertiary/aromatic N) is 2.